The summed E-state index contributed by atoms with van der Waals surface area (Å²) in [6.07, 6.45) is 2.22. The minimum Gasteiger partial charge on any atom is -0.494 e. The van der Waals surface area contributed by atoms with Crippen LogP contribution >= 0.6 is 11.3 Å². The van der Waals surface area contributed by atoms with Crippen molar-refractivity contribution in [3.63, 3.8) is 0 Å². The molecular weight excluding hydrogens is 434 g/mol. The number of aromatic nitrogens is 2. The zero-order valence-electron chi connectivity index (χ0n) is 19.3. The van der Waals surface area contributed by atoms with Crippen molar-refractivity contribution in [2.45, 2.75) is 40.7 Å². The molecule has 0 radical (unpaired) electrons. The third-order valence-corrected chi connectivity index (χ3v) is 6.79. The first kappa shape index (κ1) is 22.7. The number of ether oxygens (including phenoxy) is 1. The minimum atomic E-state index is -0.222. The molecule has 2 aromatic carbocycles. The van der Waals surface area contributed by atoms with E-state index in [-0.39, 0.29) is 11.5 Å². The summed E-state index contributed by atoms with van der Waals surface area (Å²) in [4.78, 5) is 31.6. The fraction of sp³-hybridized carbons (Fsp3) is 0.269. The third kappa shape index (κ3) is 4.98. The number of carbonyl (C=O) groups is 1. The number of fused-ring (bicyclic) bond motifs is 1. The molecule has 0 spiro atoms. The van der Waals surface area contributed by atoms with Gasteiger partial charge in [-0.25, -0.2) is 4.98 Å². The lowest BCUT2D eigenvalue weighted by Crippen LogP contribution is -2.21. The van der Waals surface area contributed by atoms with Crippen LogP contribution in [-0.4, -0.2) is 22.1 Å². The Kier molecular flexibility index (Phi) is 6.60. The predicted molar refractivity (Wildman–Crippen MR) is 134 cm³/mol. The van der Waals surface area contributed by atoms with Crippen LogP contribution in [0.3, 0.4) is 0 Å². The molecule has 2 heterocycles. The number of anilines is 1. The summed E-state index contributed by atoms with van der Waals surface area (Å²) in [6, 6.07) is 13.8. The summed E-state index contributed by atoms with van der Waals surface area (Å²) >= 11 is 1.25. The number of carbonyl (C=O) groups excluding carboxylic acids is 1. The maximum Gasteiger partial charge on any atom is 0.266 e. The smallest absolute Gasteiger partial charge is 0.266 e. The van der Waals surface area contributed by atoms with Gasteiger partial charge in [0.1, 0.15) is 10.6 Å². The summed E-state index contributed by atoms with van der Waals surface area (Å²) in [5.74, 6) is 0.592. The van der Waals surface area contributed by atoms with Crippen LogP contribution in [0.4, 0.5) is 5.69 Å². The molecule has 0 bridgehead atoms. The lowest BCUT2D eigenvalue weighted by molar-refractivity contribution is 0.103. The lowest BCUT2D eigenvalue weighted by Gasteiger charge is -2.09. The number of nitrogens with zero attached hydrogens (tertiary/aromatic N) is 2. The van der Waals surface area contributed by atoms with Crippen molar-refractivity contribution in [1.82, 2.24) is 9.55 Å². The maximum absolute atomic E-state index is 13.1. The van der Waals surface area contributed by atoms with Gasteiger partial charge in [0.2, 0.25) is 0 Å². The van der Waals surface area contributed by atoms with Crippen LogP contribution < -0.4 is 15.6 Å². The van der Waals surface area contributed by atoms with Crippen molar-refractivity contribution >= 4 is 33.1 Å². The third-order valence-electron chi connectivity index (χ3n) is 5.59. The van der Waals surface area contributed by atoms with Gasteiger partial charge in [-0.15, -0.1) is 11.3 Å². The number of benzene rings is 2. The predicted octanol–water partition coefficient (Wildman–Crippen LogP) is 5.41. The molecule has 0 aliphatic rings. The molecule has 0 fully saturated rings. The van der Waals surface area contributed by atoms with E-state index < -0.39 is 0 Å². The second-order valence-electron chi connectivity index (χ2n) is 8.27. The molecule has 1 N–H and O–H groups in total. The molecule has 33 heavy (non-hydrogen) atoms. The Hall–Kier alpha value is -3.45. The van der Waals surface area contributed by atoms with Crippen LogP contribution in [0.2, 0.25) is 0 Å². The number of hydrogen-bond acceptors (Lipinski definition) is 5. The Bertz CT molecular complexity index is 1370. The SMILES string of the molecule is Cc1ccc(OCCCn2cnc3sc(C(=O)Nc4ccc(C)cc4C)c(C)c3c2=O)cc1. The van der Waals surface area contributed by atoms with Crippen LogP contribution in [0.5, 0.6) is 5.75 Å². The van der Waals surface area contributed by atoms with Gasteiger partial charge in [0.25, 0.3) is 11.5 Å². The Morgan fingerprint density at radius 2 is 1.79 bits per heavy atom. The monoisotopic (exact) mass is 461 g/mol. The number of hydrogen-bond donors (Lipinski definition) is 1. The van der Waals surface area contributed by atoms with Crippen LogP contribution in [-0.2, 0) is 6.54 Å². The number of aryl methyl sites for hydroxylation is 5. The topological polar surface area (TPSA) is 73.2 Å². The molecule has 0 aliphatic carbocycles. The van der Waals surface area contributed by atoms with Crippen molar-refractivity contribution in [2.24, 2.45) is 0 Å². The van der Waals surface area contributed by atoms with E-state index in [1.165, 1.54) is 16.9 Å². The molecule has 4 aromatic rings. The first-order chi connectivity index (χ1) is 15.8. The van der Waals surface area contributed by atoms with Crippen molar-refractivity contribution in [3.05, 3.63) is 86.3 Å². The second kappa shape index (κ2) is 9.58. The average Bonchev–Trinajstić information content (AvgIpc) is 3.13. The van der Waals surface area contributed by atoms with Crippen molar-refractivity contribution in [3.8, 4) is 5.75 Å². The normalized spacial score (nSPS) is 11.0. The maximum atomic E-state index is 13.1. The first-order valence-electron chi connectivity index (χ1n) is 10.9. The van der Waals surface area contributed by atoms with E-state index >= 15 is 0 Å². The Balaban J connectivity index is 1.48. The van der Waals surface area contributed by atoms with Gasteiger partial charge in [-0.2, -0.15) is 0 Å². The number of rotatable bonds is 7. The fourth-order valence-corrected chi connectivity index (χ4v) is 4.76. The summed E-state index contributed by atoms with van der Waals surface area (Å²) in [5, 5.41) is 3.48. The zero-order valence-corrected chi connectivity index (χ0v) is 20.1. The Labute approximate surface area is 196 Å². The van der Waals surface area contributed by atoms with Crippen LogP contribution in [0, 0.1) is 27.7 Å². The number of thiophene rings is 1. The van der Waals surface area contributed by atoms with Crippen LogP contribution in [0.1, 0.15) is 38.3 Å². The molecule has 0 unspecified atom stereocenters. The highest BCUT2D eigenvalue weighted by Crippen LogP contribution is 2.28. The molecule has 1 amide bonds. The molecule has 2 aromatic heterocycles. The average molecular weight is 462 g/mol. The molecule has 0 saturated carbocycles. The van der Waals surface area contributed by atoms with E-state index in [0.29, 0.717) is 40.2 Å². The molecule has 0 aliphatic heterocycles. The largest absolute Gasteiger partial charge is 0.494 e. The van der Waals surface area contributed by atoms with Gasteiger partial charge < -0.3 is 10.1 Å². The van der Waals surface area contributed by atoms with Gasteiger partial charge in [-0.1, -0.05) is 35.4 Å². The molecule has 6 nitrogen and oxygen atoms in total. The second-order valence-corrected chi connectivity index (χ2v) is 9.27. The quantitative estimate of drug-likeness (QED) is 0.373. The highest BCUT2D eigenvalue weighted by atomic mass is 32.1. The summed E-state index contributed by atoms with van der Waals surface area (Å²) in [5.41, 5.74) is 4.62. The van der Waals surface area contributed by atoms with Gasteiger partial charge >= 0.3 is 0 Å². The van der Waals surface area contributed by atoms with E-state index in [4.69, 9.17) is 4.74 Å². The highest BCUT2D eigenvalue weighted by Gasteiger charge is 2.20. The van der Waals surface area contributed by atoms with E-state index in [1.54, 1.807) is 10.9 Å². The summed E-state index contributed by atoms with van der Waals surface area (Å²) < 4.78 is 7.35. The van der Waals surface area contributed by atoms with Gasteiger partial charge in [0.15, 0.2) is 0 Å². The molecular formula is C26H27N3O3S. The van der Waals surface area contributed by atoms with Gasteiger partial charge in [0, 0.05) is 12.2 Å². The van der Waals surface area contributed by atoms with E-state index in [2.05, 4.69) is 10.3 Å². The van der Waals surface area contributed by atoms with Crippen LogP contribution in [0.25, 0.3) is 10.2 Å². The highest BCUT2D eigenvalue weighted by molar-refractivity contribution is 7.20. The first-order valence-corrected chi connectivity index (χ1v) is 11.7. The molecule has 170 valence electrons. The van der Waals surface area contributed by atoms with Gasteiger partial charge in [0.05, 0.1) is 23.2 Å². The van der Waals surface area contributed by atoms with Crippen molar-refractivity contribution < 1.29 is 9.53 Å². The standard InChI is InChI=1S/C26H27N3O3S/c1-16-6-9-20(10-7-16)32-13-5-12-29-15-27-25-22(26(29)31)19(4)23(33-25)24(30)28-21-11-8-17(2)14-18(21)3/h6-11,14-15H,5,12-13H2,1-4H3,(H,28,30). The molecule has 7 heteroatoms. The van der Waals surface area contributed by atoms with E-state index in [1.807, 2.05) is 70.2 Å². The van der Waals surface area contributed by atoms with Crippen molar-refractivity contribution in [1.29, 1.82) is 0 Å². The lowest BCUT2D eigenvalue weighted by atomic mass is 10.1. The van der Waals surface area contributed by atoms with Crippen LogP contribution in [0.15, 0.2) is 53.6 Å². The molecule has 0 saturated heterocycles. The number of nitrogens with one attached hydrogen (secondary N) is 1. The molecule has 4 rings (SSSR count). The summed E-state index contributed by atoms with van der Waals surface area (Å²) in [7, 11) is 0. The van der Waals surface area contributed by atoms with E-state index in [0.717, 1.165) is 22.6 Å². The Morgan fingerprint density at radius 1 is 1.06 bits per heavy atom. The molecule has 0 atom stereocenters. The summed E-state index contributed by atoms with van der Waals surface area (Å²) in [6.45, 7) is 8.81. The Morgan fingerprint density at radius 3 is 2.52 bits per heavy atom. The minimum absolute atomic E-state index is 0.130. The zero-order chi connectivity index (χ0) is 23.5. The fourth-order valence-electron chi connectivity index (χ4n) is 3.73. The number of amides is 1. The van der Waals surface area contributed by atoms with Gasteiger partial charge in [-0.3, -0.25) is 14.2 Å². The van der Waals surface area contributed by atoms with Crippen molar-refractivity contribution in [2.75, 3.05) is 11.9 Å². The van der Waals surface area contributed by atoms with E-state index in [9.17, 15) is 9.59 Å². The van der Waals surface area contributed by atoms with Gasteiger partial charge in [-0.05, 0) is 63.4 Å².